The number of hydrogen-bond acceptors (Lipinski definition) is 6. The largest absolute Gasteiger partial charge is 0.391 e. The number of nitriles is 2. The Balaban J connectivity index is 0.000000218. The van der Waals surface area contributed by atoms with E-state index in [1.54, 1.807) is 19.1 Å². The van der Waals surface area contributed by atoms with Crippen molar-refractivity contribution in [3.05, 3.63) is 106 Å². The van der Waals surface area contributed by atoms with Gasteiger partial charge in [-0.1, -0.05) is 51.2 Å². The van der Waals surface area contributed by atoms with Crippen molar-refractivity contribution in [2.75, 3.05) is 6.54 Å². The van der Waals surface area contributed by atoms with Crippen LogP contribution in [-0.2, 0) is 6.42 Å². The van der Waals surface area contributed by atoms with E-state index in [0.29, 0.717) is 29.3 Å². The molecular weight excluding hydrogens is 703 g/mol. The van der Waals surface area contributed by atoms with E-state index >= 15 is 0 Å². The summed E-state index contributed by atoms with van der Waals surface area (Å²) in [6.07, 6.45) is 3.53. The quantitative estimate of drug-likeness (QED) is 0.104. The van der Waals surface area contributed by atoms with Crippen LogP contribution in [0.2, 0.25) is 45.3 Å². The van der Waals surface area contributed by atoms with Crippen molar-refractivity contribution in [3.63, 3.8) is 0 Å². The van der Waals surface area contributed by atoms with E-state index in [0.717, 1.165) is 71.4 Å². The smallest absolute Gasteiger partial charge is 0.178 e. The van der Waals surface area contributed by atoms with Crippen LogP contribution in [-0.4, -0.2) is 71.6 Å². The second-order valence-electron chi connectivity index (χ2n) is 17.0. The van der Waals surface area contributed by atoms with E-state index in [2.05, 4.69) is 78.4 Å². The standard InChI is InChI=1S/C25H33N3O2Si.C19H20N2OSi/c1-17-22(25(30)16-27-20-9-10-23(27)24(29)14-20)13-21(11-12-31(2,3)4)28(17)19-7-5-18(15-26)6-8-19;1-14-19(15(2)22)12-18(10-11-23(3,4)5)21(14)17-8-6-16(13-20)7-9-17/h5-8,13,20,23-24,29H,9-12,14,16H2,1-4H3;6-9,12H,1-5H3/t20?,23?,24-;/m0./s1. The average Bonchev–Trinajstić information content (AvgIpc) is 3.85. The summed E-state index contributed by atoms with van der Waals surface area (Å²) in [4.78, 5) is 27.5. The van der Waals surface area contributed by atoms with Crippen LogP contribution < -0.4 is 0 Å². The first-order valence-corrected chi connectivity index (χ1v) is 26.1. The van der Waals surface area contributed by atoms with Crippen LogP contribution in [0.5, 0.6) is 0 Å². The molecule has 2 aromatic carbocycles. The zero-order valence-corrected chi connectivity index (χ0v) is 35.2. The molecule has 280 valence electrons. The average molecular weight is 756 g/mol. The minimum atomic E-state index is -1.52. The number of benzene rings is 2. The number of aryl methyl sites for hydroxylation is 1. The molecular formula is C44H53N5O3Si2. The molecule has 54 heavy (non-hydrogen) atoms. The van der Waals surface area contributed by atoms with E-state index in [1.807, 2.05) is 60.9 Å². The van der Waals surface area contributed by atoms with Gasteiger partial charge in [0.1, 0.15) is 8.07 Å². The summed E-state index contributed by atoms with van der Waals surface area (Å²) in [5.41, 5.74) is 11.8. The van der Waals surface area contributed by atoms with Crippen molar-refractivity contribution < 1.29 is 14.7 Å². The Bertz CT molecular complexity index is 2180. The molecule has 0 saturated carbocycles. The SMILES string of the molecule is CC(=O)c1cc(C#C[Si](C)(C)C)n(-c2ccc(C#N)cc2)c1C.Cc1c(C(=O)CN2C3CCC2[C@@H](O)C3)cc(CC[Si](C)(C)C)n1-c1ccc(C#N)cc1. The number of nitrogens with zero attached hydrogens (tertiary/aromatic N) is 5. The topological polar surface area (TPSA) is 115 Å². The maximum Gasteiger partial charge on any atom is 0.178 e. The summed E-state index contributed by atoms with van der Waals surface area (Å²) in [5, 5.41) is 28.3. The van der Waals surface area contributed by atoms with Gasteiger partial charge in [-0.3, -0.25) is 14.5 Å². The van der Waals surface area contributed by atoms with Gasteiger partial charge in [0.15, 0.2) is 11.6 Å². The number of fused-ring (bicyclic) bond motifs is 2. The molecule has 6 rings (SSSR count). The first-order chi connectivity index (χ1) is 25.4. The van der Waals surface area contributed by atoms with Crippen LogP contribution in [0.3, 0.4) is 0 Å². The van der Waals surface area contributed by atoms with Crippen LogP contribution in [0.4, 0.5) is 0 Å². The number of hydrogen-bond donors (Lipinski definition) is 1. The molecule has 8 nitrogen and oxygen atoms in total. The molecule has 2 unspecified atom stereocenters. The highest BCUT2D eigenvalue weighted by atomic mass is 28.3. The maximum absolute atomic E-state index is 13.4. The number of carbonyl (C=O) groups is 2. The Morgan fingerprint density at radius 3 is 1.83 bits per heavy atom. The van der Waals surface area contributed by atoms with Gasteiger partial charge in [0, 0.05) is 59.7 Å². The first kappa shape index (κ1) is 40.4. The highest BCUT2D eigenvalue weighted by Gasteiger charge is 2.46. The Morgan fingerprint density at radius 1 is 0.815 bits per heavy atom. The molecule has 0 radical (unpaired) electrons. The molecule has 1 N–H and O–H groups in total. The van der Waals surface area contributed by atoms with Crippen molar-refractivity contribution in [1.82, 2.24) is 14.0 Å². The van der Waals surface area contributed by atoms with Crippen molar-refractivity contribution >= 4 is 27.7 Å². The van der Waals surface area contributed by atoms with E-state index < -0.39 is 16.1 Å². The fourth-order valence-corrected chi connectivity index (χ4v) is 9.08. The molecule has 0 aliphatic carbocycles. The van der Waals surface area contributed by atoms with Crippen molar-refractivity contribution in [2.45, 2.75) is 110 Å². The van der Waals surface area contributed by atoms with Gasteiger partial charge in [0.2, 0.25) is 0 Å². The Morgan fingerprint density at radius 2 is 1.37 bits per heavy atom. The maximum atomic E-state index is 13.4. The molecule has 2 fully saturated rings. The number of carbonyl (C=O) groups excluding carboxylic acids is 2. The van der Waals surface area contributed by atoms with E-state index in [1.165, 1.54) is 0 Å². The van der Waals surface area contributed by atoms with Gasteiger partial charge in [-0.2, -0.15) is 10.5 Å². The fraction of sp³-hybridized carbons (Fsp3) is 0.409. The van der Waals surface area contributed by atoms with Gasteiger partial charge in [-0.25, -0.2) is 0 Å². The monoisotopic (exact) mass is 755 g/mol. The molecule has 4 heterocycles. The molecule has 2 saturated heterocycles. The minimum Gasteiger partial charge on any atom is -0.391 e. The van der Waals surface area contributed by atoms with E-state index in [4.69, 9.17) is 10.5 Å². The highest BCUT2D eigenvalue weighted by Crippen LogP contribution is 2.38. The summed E-state index contributed by atoms with van der Waals surface area (Å²) >= 11 is 0. The third-order valence-corrected chi connectivity index (χ3v) is 13.1. The lowest BCUT2D eigenvalue weighted by molar-refractivity contribution is 0.0872. The number of Topliss-reactive ketones (excluding diaryl/α,β-unsaturated/α-hetero) is 2. The van der Waals surface area contributed by atoms with Gasteiger partial charge < -0.3 is 14.2 Å². The molecule has 2 aliphatic heterocycles. The molecule has 2 aliphatic rings. The van der Waals surface area contributed by atoms with Crippen LogP contribution in [0, 0.1) is 48.0 Å². The van der Waals surface area contributed by atoms with Crippen LogP contribution >= 0.6 is 0 Å². The number of ketones is 2. The third kappa shape index (κ3) is 9.29. The summed E-state index contributed by atoms with van der Waals surface area (Å²) in [6, 6.07) is 24.8. The zero-order valence-electron chi connectivity index (χ0n) is 33.2. The first-order valence-electron chi connectivity index (χ1n) is 18.9. The second-order valence-corrected chi connectivity index (χ2v) is 27.3. The zero-order chi connectivity index (χ0) is 39.5. The van der Waals surface area contributed by atoms with Crippen molar-refractivity contribution in [2.24, 2.45) is 0 Å². The Labute approximate surface area is 323 Å². The van der Waals surface area contributed by atoms with Crippen molar-refractivity contribution in [3.8, 4) is 35.0 Å². The lowest BCUT2D eigenvalue weighted by atomic mass is 9.98. The van der Waals surface area contributed by atoms with Gasteiger partial charge in [0.25, 0.3) is 0 Å². The fourth-order valence-electron chi connectivity index (χ4n) is 7.58. The number of aliphatic hydroxyl groups is 1. The summed E-state index contributed by atoms with van der Waals surface area (Å²) < 4.78 is 4.19. The summed E-state index contributed by atoms with van der Waals surface area (Å²) in [5.74, 6) is 3.43. The lowest BCUT2D eigenvalue weighted by Gasteiger charge is -2.21. The van der Waals surface area contributed by atoms with Crippen molar-refractivity contribution in [1.29, 1.82) is 10.5 Å². The van der Waals surface area contributed by atoms with E-state index in [9.17, 15) is 14.7 Å². The molecule has 0 amide bonds. The van der Waals surface area contributed by atoms with Gasteiger partial charge in [-0.05, 0) is 107 Å². The lowest BCUT2D eigenvalue weighted by Crippen LogP contribution is -2.36. The highest BCUT2D eigenvalue weighted by molar-refractivity contribution is 6.83. The molecule has 2 aromatic heterocycles. The Hall–Kier alpha value is -4.77. The molecule has 4 aromatic rings. The van der Waals surface area contributed by atoms with Crippen LogP contribution in [0.15, 0.2) is 60.7 Å². The number of aromatic nitrogens is 2. The van der Waals surface area contributed by atoms with E-state index in [-0.39, 0.29) is 23.7 Å². The van der Waals surface area contributed by atoms with Gasteiger partial charge in [0.05, 0.1) is 41.6 Å². The van der Waals surface area contributed by atoms with Gasteiger partial charge in [-0.15, -0.1) is 5.54 Å². The number of aliphatic hydroxyl groups excluding tert-OH is 1. The van der Waals surface area contributed by atoms with Crippen LogP contribution in [0.1, 0.15) is 80.8 Å². The minimum absolute atomic E-state index is 0.0333. The molecule has 10 heteroatoms. The third-order valence-electron chi connectivity index (χ3n) is 10.4. The number of rotatable bonds is 9. The predicted molar refractivity (Wildman–Crippen MR) is 221 cm³/mol. The molecule has 2 bridgehead atoms. The normalized spacial score (nSPS) is 17.9. The summed E-state index contributed by atoms with van der Waals surface area (Å²) in [7, 11) is -2.75. The molecule has 0 spiro atoms. The Kier molecular flexibility index (Phi) is 12.2. The predicted octanol–water partition coefficient (Wildman–Crippen LogP) is 8.41. The van der Waals surface area contributed by atoms with Gasteiger partial charge >= 0.3 is 0 Å². The van der Waals surface area contributed by atoms with Crippen LogP contribution in [0.25, 0.3) is 11.4 Å². The molecule has 3 atom stereocenters. The summed E-state index contributed by atoms with van der Waals surface area (Å²) in [6.45, 7) is 19.6. The second kappa shape index (κ2) is 16.3.